The predicted molar refractivity (Wildman–Crippen MR) is 68.0 cm³/mol. The number of benzene rings is 1. The van der Waals surface area contributed by atoms with Crippen molar-refractivity contribution in [3.05, 3.63) is 34.9 Å². The topological polar surface area (TPSA) is 32.7 Å². The van der Waals surface area contributed by atoms with Crippen LogP contribution in [0.1, 0.15) is 12.0 Å². The molecule has 1 aliphatic rings. The van der Waals surface area contributed by atoms with E-state index in [-0.39, 0.29) is 5.78 Å². The van der Waals surface area contributed by atoms with Crippen LogP contribution in [0.3, 0.4) is 0 Å². The van der Waals surface area contributed by atoms with Gasteiger partial charge in [-0.25, -0.2) is 0 Å². The third-order valence-corrected chi connectivity index (χ3v) is 2.69. The van der Waals surface area contributed by atoms with E-state index in [1.165, 1.54) is 0 Å². The molecule has 0 aliphatic carbocycles. The molecule has 1 heterocycles. The number of Topliss-reactive ketones (excluding diaryl/α,β-unsaturated/α-hetero) is 1. The Hall–Kier alpha value is -1.79. The van der Waals surface area contributed by atoms with E-state index in [4.69, 9.17) is 18.0 Å². The summed E-state index contributed by atoms with van der Waals surface area (Å²) in [5.74, 6) is 2.61. The minimum absolute atomic E-state index is 0.125. The van der Waals surface area contributed by atoms with Crippen molar-refractivity contribution in [3.63, 3.8) is 0 Å². The molecule has 86 valence electrons. The number of carbonyl (C=O) groups is 1. The van der Waals surface area contributed by atoms with E-state index in [0.717, 1.165) is 11.3 Å². The zero-order chi connectivity index (χ0) is 12.3. The maximum atomic E-state index is 11.6. The van der Waals surface area contributed by atoms with Gasteiger partial charge in [-0.05, 0) is 17.7 Å². The van der Waals surface area contributed by atoms with Crippen LogP contribution in [0.4, 0.5) is 0 Å². The molecule has 3 nitrogen and oxygen atoms in total. The third kappa shape index (κ3) is 2.86. The van der Waals surface area contributed by atoms with Gasteiger partial charge >= 0.3 is 0 Å². The van der Waals surface area contributed by atoms with Gasteiger partial charge in [0.1, 0.15) is 0 Å². The fourth-order valence-corrected chi connectivity index (χ4v) is 1.81. The van der Waals surface area contributed by atoms with Crippen LogP contribution >= 0.6 is 11.6 Å². The molecular weight excluding hydrogens is 236 g/mol. The monoisotopic (exact) mass is 246 g/mol. The molecule has 2 rings (SSSR count). The molecule has 17 heavy (non-hydrogen) atoms. The number of terminal acetylenes is 1. The van der Waals surface area contributed by atoms with E-state index >= 15 is 0 Å². The summed E-state index contributed by atoms with van der Waals surface area (Å²) in [6.07, 6.45) is 5.57. The average Bonchev–Trinajstić information content (AvgIpc) is 2.29. The smallest absolute Gasteiger partial charge is 0.159 e. The molecule has 0 bridgehead atoms. The molecule has 0 radical (unpaired) electrons. The van der Waals surface area contributed by atoms with Gasteiger partial charge < -0.3 is 0 Å². The van der Waals surface area contributed by atoms with E-state index in [9.17, 15) is 4.79 Å². The van der Waals surface area contributed by atoms with E-state index in [1.54, 1.807) is 17.1 Å². The molecule has 0 N–H and O–H groups in total. The Morgan fingerprint density at radius 3 is 2.76 bits per heavy atom. The summed E-state index contributed by atoms with van der Waals surface area (Å²) in [5, 5.41) is 6.64. The third-order valence-electron chi connectivity index (χ3n) is 2.44. The van der Waals surface area contributed by atoms with Gasteiger partial charge in [0.15, 0.2) is 5.78 Å². The molecule has 1 aromatic rings. The van der Waals surface area contributed by atoms with Crippen LogP contribution in [-0.4, -0.2) is 29.6 Å². The Bertz CT molecular complexity index is 499. The highest BCUT2D eigenvalue weighted by Crippen LogP contribution is 2.15. The second-order valence-electron chi connectivity index (χ2n) is 3.80. The van der Waals surface area contributed by atoms with Crippen LogP contribution < -0.4 is 0 Å². The summed E-state index contributed by atoms with van der Waals surface area (Å²) in [6, 6.07) is 7.27. The number of nitrogens with zero attached hydrogens (tertiary/aromatic N) is 2. The standard InChI is InChI=1S/C13H11ClN2O/c1-2-7-16-9-12(17)8-13(15-16)10-3-5-11(14)6-4-10/h1,3-6H,7-9H2. The lowest BCUT2D eigenvalue weighted by Gasteiger charge is -2.22. The minimum Gasteiger partial charge on any atom is -0.297 e. The van der Waals surface area contributed by atoms with E-state index in [1.807, 2.05) is 12.1 Å². The molecule has 1 aliphatic heterocycles. The highest BCUT2D eigenvalue weighted by atomic mass is 35.5. The number of carbonyl (C=O) groups excluding carboxylic acids is 1. The van der Waals surface area contributed by atoms with Crippen molar-refractivity contribution in [1.29, 1.82) is 0 Å². The Labute approximate surface area is 105 Å². The number of hydrazone groups is 1. The molecule has 0 spiro atoms. The lowest BCUT2D eigenvalue weighted by atomic mass is 10.0. The van der Waals surface area contributed by atoms with E-state index < -0.39 is 0 Å². The van der Waals surface area contributed by atoms with Crippen LogP contribution in [0.15, 0.2) is 29.4 Å². The first-order valence-electron chi connectivity index (χ1n) is 5.22. The van der Waals surface area contributed by atoms with Gasteiger partial charge in [0.2, 0.25) is 0 Å². The van der Waals surface area contributed by atoms with Gasteiger partial charge in [0, 0.05) is 5.02 Å². The Morgan fingerprint density at radius 1 is 1.41 bits per heavy atom. The summed E-state index contributed by atoms with van der Waals surface area (Å²) in [5.41, 5.74) is 1.65. The summed E-state index contributed by atoms with van der Waals surface area (Å²) in [4.78, 5) is 11.6. The van der Waals surface area contributed by atoms with Crippen molar-refractivity contribution >= 4 is 23.1 Å². The van der Waals surface area contributed by atoms with Gasteiger partial charge in [-0.1, -0.05) is 29.7 Å². The van der Waals surface area contributed by atoms with Gasteiger partial charge in [0.25, 0.3) is 0 Å². The normalized spacial score (nSPS) is 15.4. The minimum atomic E-state index is 0.125. The second kappa shape index (κ2) is 5.03. The van der Waals surface area contributed by atoms with Crippen molar-refractivity contribution in [2.24, 2.45) is 5.10 Å². The predicted octanol–water partition coefficient (Wildman–Crippen LogP) is 1.95. The average molecular weight is 247 g/mol. The van der Waals surface area contributed by atoms with E-state index in [0.29, 0.717) is 24.5 Å². The first-order valence-corrected chi connectivity index (χ1v) is 5.60. The summed E-state index contributed by atoms with van der Waals surface area (Å²) in [6.45, 7) is 0.643. The van der Waals surface area contributed by atoms with E-state index in [2.05, 4.69) is 11.0 Å². The molecule has 0 amide bonds. The molecular formula is C13H11ClN2O. The first kappa shape index (κ1) is 11.7. The van der Waals surface area contributed by atoms with Crippen molar-refractivity contribution in [2.45, 2.75) is 6.42 Å². The van der Waals surface area contributed by atoms with Crippen molar-refractivity contribution in [2.75, 3.05) is 13.1 Å². The summed E-state index contributed by atoms with van der Waals surface area (Å²) in [7, 11) is 0. The van der Waals surface area contributed by atoms with Gasteiger partial charge in [-0.3, -0.25) is 9.80 Å². The Balaban J connectivity index is 2.27. The SMILES string of the molecule is C#CCN1CC(=O)CC(c2ccc(Cl)cc2)=N1. The van der Waals surface area contributed by atoms with Crippen LogP contribution in [-0.2, 0) is 4.79 Å². The zero-order valence-corrected chi connectivity index (χ0v) is 9.94. The van der Waals surface area contributed by atoms with Gasteiger partial charge in [-0.2, -0.15) is 5.10 Å². The van der Waals surface area contributed by atoms with Crippen molar-refractivity contribution in [3.8, 4) is 12.3 Å². The second-order valence-corrected chi connectivity index (χ2v) is 4.23. The van der Waals surface area contributed by atoms with Crippen LogP contribution in [0.2, 0.25) is 5.02 Å². The lowest BCUT2D eigenvalue weighted by Crippen LogP contribution is -2.33. The van der Waals surface area contributed by atoms with Crippen LogP contribution in [0.5, 0.6) is 0 Å². The van der Waals surface area contributed by atoms with Crippen LogP contribution in [0.25, 0.3) is 0 Å². The molecule has 1 aromatic carbocycles. The molecule has 0 aromatic heterocycles. The number of rotatable bonds is 2. The van der Waals surface area contributed by atoms with Crippen molar-refractivity contribution in [1.82, 2.24) is 5.01 Å². The summed E-state index contributed by atoms with van der Waals surface area (Å²) >= 11 is 5.81. The highest BCUT2D eigenvalue weighted by molar-refractivity contribution is 6.30. The van der Waals surface area contributed by atoms with Crippen molar-refractivity contribution < 1.29 is 4.79 Å². The molecule has 0 saturated heterocycles. The zero-order valence-electron chi connectivity index (χ0n) is 9.19. The number of halogens is 1. The highest BCUT2D eigenvalue weighted by Gasteiger charge is 2.19. The molecule has 0 unspecified atom stereocenters. The van der Waals surface area contributed by atoms with Crippen LogP contribution in [0, 0.1) is 12.3 Å². The molecule has 0 atom stereocenters. The molecule has 0 fully saturated rings. The fraction of sp³-hybridized carbons (Fsp3) is 0.231. The van der Waals surface area contributed by atoms with Gasteiger partial charge in [-0.15, -0.1) is 6.42 Å². The van der Waals surface area contributed by atoms with Gasteiger partial charge in [0.05, 0.1) is 25.2 Å². The summed E-state index contributed by atoms with van der Waals surface area (Å²) < 4.78 is 0. The fourth-order valence-electron chi connectivity index (χ4n) is 1.69. The number of hydrogen-bond acceptors (Lipinski definition) is 3. The quantitative estimate of drug-likeness (QED) is 0.748. The molecule has 4 heteroatoms. The Kier molecular flexibility index (Phi) is 3.46. The maximum absolute atomic E-state index is 11.6. The molecule has 0 saturated carbocycles. The first-order chi connectivity index (χ1) is 8.19. The number of ketones is 1. The lowest BCUT2D eigenvalue weighted by molar-refractivity contribution is -0.119. The number of hydrogen-bond donors (Lipinski definition) is 0. The Morgan fingerprint density at radius 2 is 2.12 bits per heavy atom. The maximum Gasteiger partial charge on any atom is 0.159 e. The largest absolute Gasteiger partial charge is 0.297 e.